The Morgan fingerprint density at radius 3 is 2.52 bits per heavy atom. The van der Waals surface area contributed by atoms with Gasteiger partial charge in [-0.1, -0.05) is 24.3 Å². The molecule has 3 rings (SSSR count). The fourth-order valence-corrected chi connectivity index (χ4v) is 2.58. The van der Waals surface area contributed by atoms with Crippen LogP contribution in [0.4, 0.5) is 0 Å². The molecule has 2 aromatic carbocycles. The molecule has 0 saturated heterocycles. The second kappa shape index (κ2) is 7.09. The molecule has 4 nitrogen and oxygen atoms in total. The lowest BCUT2D eigenvalue weighted by atomic mass is 9.96. The summed E-state index contributed by atoms with van der Waals surface area (Å²) >= 11 is 0. The molecule has 0 N–H and O–H groups in total. The van der Waals surface area contributed by atoms with Gasteiger partial charge < -0.3 is 9.47 Å². The first-order valence-corrected chi connectivity index (χ1v) is 7.79. The van der Waals surface area contributed by atoms with E-state index >= 15 is 0 Å². The van der Waals surface area contributed by atoms with E-state index in [1.54, 1.807) is 24.3 Å². The van der Waals surface area contributed by atoms with Crippen molar-refractivity contribution in [3.8, 4) is 11.5 Å². The average molecular weight is 310 g/mol. The van der Waals surface area contributed by atoms with Crippen molar-refractivity contribution >= 4 is 11.8 Å². The highest BCUT2D eigenvalue weighted by Crippen LogP contribution is 2.23. The van der Waals surface area contributed by atoms with Gasteiger partial charge in [0.15, 0.2) is 11.9 Å². The number of ketones is 1. The van der Waals surface area contributed by atoms with Gasteiger partial charge >= 0.3 is 5.97 Å². The van der Waals surface area contributed by atoms with Crippen molar-refractivity contribution in [2.45, 2.75) is 31.8 Å². The number of Topliss-reactive ketones (excluding diaryl/α,β-unsaturated/α-hetero) is 1. The third kappa shape index (κ3) is 3.97. The van der Waals surface area contributed by atoms with Crippen molar-refractivity contribution in [1.29, 1.82) is 0 Å². The molecule has 0 aromatic heterocycles. The number of para-hydroxylation sites is 1. The largest absolute Gasteiger partial charge is 0.457 e. The van der Waals surface area contributed by atoms with Gasteiger partial charge in [0.2, 0.25) is 0 Å². The molecule has 2 aromatic rings. The summed E-state index contributed by atoms with van der Waals surface area (Å²) in [4.78, 5) is 24.0. The highest BCUT2D eigenvalue weighted by atomic mass is 16.5. The number of esters is 1. The van der Waals surface area contributed by atoms with Gasteiger partial charge in [-0.3, -0.25) is 4.79 Å². The summed E-state index contributed by atoms with van der Waals surface area (Å²) in [6.45, 7) is 0. The van der Waals surface area contributed by atoms with Crippen LogP contribution < -0.4 is 4.74 Å². The molecule has 1 saturated carbocycles. The predicted octanol–water partition coefficient (Wildman–Crippen LogP) is 4.15. The highest BCUT2D eigenvalue weighted by Gasteiger charge is 2.26. The molecular weight excluding hydrogens is 292 g/mol. The van der Waals surface area contributed by atoms with E-state index in [-0.39, 0.29) is 5.78 Å². The number of rotatable bonds is 4. The van der Waals surface area contributed by atoms with Gasteiger partial charge in [-0.15, -0.1) is 0 Å². The van der Waals surface area contributed by atoms with Crippen molar-refractivity contribution in [2.75, 3.05) is 0 Å². The number of hydrogen-bond acceptors (Lipinski definition) is 4. The molecular formula is C19H18O4. The summed E-state index contributed by atoms with van der Waals surface area (Å²) in [7, 11) is 0. The van der Waals surface area contributed by atoms with Gasteiger partial charge in [-0.25, -0.2) is 4.79 Å². The monoisotopic (exact) mass is 310 g/mol. The van der Waals surface area contributed by atoms with Gasteiger partial charge in [0.1, 0.15) is 11.5 Å². The number of carbonyl (C=O) groups excluding carboxylic acids is 2. The van der Waals surface area contributed by atoms with Gasteiger partial charge in [0.05, 0.1) is 5.56 Å². The first-order chi connectivity index (χ1) is 11.2. The smallest absolute Gasteiger partial charge is 0.338 e. The van der Waals surface area contributed by atoms with E-state index in [2.05, 4.69) is 0 Å². The van der Waals surface area contributed by atoms with Gasteiger partial charge in [-0.2, -0.15) is 0 Å². The fraction of sp³-hybridized carbons (Fsp3) is 0.263. The van der Waals surface area contributed by atoms with E-state index in [0.29, 0.717) is 29.9 Å². The van der Waals surface area contributed by atoms with Crippen LogP contribution in [0.2, 0.25) is 0 Å². The molecule has 1 aliphatic carbocycles. The molecule has 0 heterocycles. The molecule has 0 spiro atoms. The molecule has 1 aliphatic rings. The Kier molecular flexibility index (Phi) is 4.71. The minimum Gasteiger partial charge on any atom is -0.457 e. The highest BCUT2D eigenvalue weighted by molar-refractivity contribution is 5.93. The van der Waals surface area contributed by atoms with E-state index < -0.39 is 12.1 Å². The lowest BCUT2D eigenvalue weighted by molar-refractivity contribution is -0.129. The van der Waals surface area contributed by atoms with Crippen LogP contribution in [-0.2, 0) is 9.53 Å². The second-order valence-corrected chi connectivity index (χ2v) is 5.55. The quantitative estimate of drug-likeness (QED) is 0.796. The maximum Gasteiger partial charge on any atom is 0.338 e. The summed E-state index contributed by atoms with van der Waals surface area (Å²) in [5.74, 6) is 0.783. The Balaban J connectivity index is 1.69. The van der Waals surface area contributed by atoms with Crippen LogP contribution in [0, 0.1) is 0 Å². The molecule has 1 fully saturated rings. The maximum atomic E-state index is 12.2. The summed E-state index contributed by atoms with van der Waals surface area (Å²) < 4.78 is 11.1. The zero-order valence-corrected chi connectivity index (χ0v) is 12.7. The maximum absolute atomic E-state index is 12.2. The van der Waals surface area contributed by atoms with Gasteiger partial charge in [-0.05, 0) is 49.6 Å². The Morgan fingerprint density at radius 1 is 0.957 bits per heavy atom. The van der Waals surface area contributed by atoms with Crippen LogP contribution in [0.3, 0.4) is 0 Å². The Bertz CT molecular complexity index is 694. The first-order valence-electron chi connectivity index (χ1n) is 7.79. The molecule has 1 unspecified atom stereocenters. The zero-order valence-electron chi connectivity index (χ0n) is 12.7. The topological polar surface area (TPSA) is 52.6 Å². The Labute approximate surface area is 135 Å². The summed E-state index contributed by atoms with van der Waals surface area (Å²) in [6, 6.07) is 16.1. The minimum absolute atomic E-state index is 0.0151. The summed E-state index contributed by atoms with van der Waals surface area (Å²) in [5, 5.41) is 0. The summed E-state index contributed by atoms with van der Waals surface area (Å²) in [6.07, 6.45) is 2.31. The Hall–Kier alpha value is -2.62. The standard InChI is InChI=1S/C19H18O4/c20-17-11-4-5-12-18(17)23-19(21)14-7-6-10-16(13-14)22-15-8-2-1-3-9-15/h1-3,6-10,13,18H,4-5,11-12H2. The van der Waals surface area contributed by atoms with Gasteiger partial charge in [0, 0.05) is 6.42 Å². The van der Waals surface area contributed by atoms with Crippen LogP contribution in [0.15, 0.2) is 54.6 Å². The second-order valence-electron chi connectivity index (χ2n) is 5.55. The predicted molar refractivity (Wildman–Crippen MR) is 85.6 cm³/mol. The lowest BCUT2D eigenvalue weighted by Gasteiger charge is -2.20. The normalized spacial score (nSPS) is 17.6. The van der Waals surface area contributed by atoms with Crippen molar-refractivity contribution < 1.29 is 19.1 Å². The van der Waals surface area contributed by atoms with Crippen LogP contribution in [0.5, 0.6) is 11.5 Å². The van der Waals surface area contributed by atoms with Crippen molar-refractivity contribution in [1.82, 2.24) is 0 Å². The average Bonchev–Trinajstić information content (AvgIpc) is 2.58. The molecule has 118 valence electrons. The third-order valence-electron chi connectivity index (χ3n) is 3.80. The zero-order chi connectivity index (χ0) is 16.1. The molecule has 0 bridgehead atoms. The van der Waals surface area contributed by atoms with Crippen LogP contribution >= 0.6 is 0 Å². The molecule has 0 amide bonds. The molecule has 23 heavy (non-hydrogen) atoms. The van der Waals surface area contributed by atoms with Crippen molar-refractivity contribution in [3.05, 3.63) is 60.2 Å². The number of ether oxygens (including phenoxy) is 2. The molecule has 0 radical (unpaired) electrons. The van der Waals surface area contributed by atoms with E-state index in [1.807, 2.05) is 30.3 Å². The third-order valence-corrected chi connectivity index (χ3v) is 3.80. The lowest BCUT2D eigenvalue weighted by Crippen LogP contribution is -2.30. The first kappa shape index (κ1) is 15.3. The van der Waals surface area contributed by atoms with Crippen molar-refractivity contribution in [3.63, 3.8) is 0 Å². The van der Waals surface area contributed by atoms with Crippen LogP contribution in [0.1, 0.15) is 36.0 Å². The van der Waals surface area contributed by atoms with E-state index in [4.69, 9.17) is 9.47 Å². The Morgan fingerprint density at radius 2 is 1.74 bits per heavy atom. The number of benzene rings is 2. The SMILES string of the molecule is O=C(OC1CCCCC1=O)c1cccc(Oc2ccccc2)c1. The van der Waals surface area contributed by atoms with Crippen molar-refractivity contribution in [2.24, 2.45) is 0 Å². The van der Waals surface area contributed by atoms with Crippen LogP contribution in [-0.4, -0.2) is 17.9 Å². The molecule has 1 atom stereocenters. The van der Waals surface area contributed by atoms with Crippen LogP contribution in [0.25, 0.3) is 0 Å². The number of hydrogen-bond donors (Lipinski definition) is 0. The van der Waals surface area contributed by atoms with E-state index in [1.165, 1.54) is 0 Å². The summed E-state index contributed by atoms with van der Waals surface area (Å²) in [5.41, 5.74) is 0.386. The molecule has 0 aliphatic heterocycles. The number of carbonyl (C=O) groups is 2. The minimum atomic E-state index is -0.602. The fourth-order valence-electron chi connectivity index (χ4n) is 2.58. The van der Waals surface area contributed by atoms with Gasteiger partial charge in [0.25, 0.3) is 0 Å². The molecule has 4 heteroatoms. The van der Waals surface area contributed by atoms with E-state index in [9.17, 15) is 9.59 Å². The van der Waals surface area contributed by atoms with E-state index in [0.717, 1.165) is 12.8 Å².